The second kappa shape index (κ2) is 10.9. The molecule has 3 aromatic heterocycles. The molecule has 0 radical (unpaired) electrons. The van der Waals surface area contributed by atoms with Crippen molar-refractivity contribution in [2.45, 2.75) is 44.6 Å². The van der Waals surface area contributed by atoms with Crippen LogP contribution in [0.5, 0.6) is 5.75 Å². The zero-order valence-corrected chi connectivity index (χ0v) is 21.0. The fourth-order valence-corrected chi connectivity index (χ4v) is 5.12. The van der Waals surface area contributed by atoms with Gasteiger partial charge in [0.25, 0.3) is 0 Å². The van der Waals surface area contributed by atoms with Gasteiger partial charge in [0.05, 0.1) is 34.4 Å². The predicted molar refractivity (Wildman–Crippen MR) is 136 cm³/mol. The van der Waals surface area contributed by atoms with Crippen molar-refractivity contribution in [1.29, 1.82) is 0 Å². The lowest BCUT2D eigenvalue weighted by Gasteiger charge is -2.27. The Kier molecular flexibility index (Phi) is 7.43. The molecule has 0 unspecified atom stereocenters. The summed E-state index contributed by atoms with van der Waals surface area (Å²) < 4.78 is 21.3. The Morgan fingerprint density at radius 2 is 2.06 bits per heavy atom. The lowest BCUT2D eigenvalue weighted by Crippen LogP contribution is -2.33. The Hall–Kier alpha value is -2.78. The van der Waals surface area contributed by atoms with Gasteiger partial charge in [-0.25, -0.2) is 15.0 Å². The van der Waals surface area contributed by atoms with Crippen LogP contribution in [0.2, 0.25) is 4.34 Å². The molecule has 4 aromatic rings. The molecule has 1 saturated heterocycles. The summed E-state index contributed by atoms with van der Waals surface area (Å²) in [6, 6.07) is 13.7. The Balaban J connectivity index is 1.22. The van der Waals surface area contributed by atoms with Crippen LogP contribution in [-0.4, -0.2) is 38.8 Å². The smallest absolute Gasteiger partial charge is 0.223 e. The molecule has 1 fully saturated rings. The Morgan fingerprint density at radius 3 is 2.80 bits per heavy atom. The average molecular weight is 511 g/mol. The molecule has 1 aliphatic rings. The van der Waals surface area contributed by atoms with Gasteiger partial charge in [0.1, 0.15) is 24.3 Å². The van der Waals surface area contributed by atoms with Gasteiger partial charge in [0, 0.05) is 30.6 Å². The molecule has 4 heterocycles. The van der Waals surface area contributed by atoms with Gasteiger partial charge >= 0.3 is 0 Å². The van der Waals surface area contributed by atoms with E-state index in [1.807, 2.05) is 59.4 Å². The molecular weight excluding hydrogens is 484 g/mol. The van der Waals surface area contributed by atoms with E-state index in [2.05, 4.69) is 16.9 Å². The van der Waals surface area contributed by atoms with Crippen LogP contribution in [0.4, 0.5) is 0 Å². The third kappa shape index (κ3) is 5.73. The zero-order valence-electron chi connectivity index (χ0n) is 19.5. The van der Waals surface area contributed by atoms with Gasteiger partial charge in [-0.15, -0.1) is 11.3 Å². The number of hydrogen-bond donors (Lipinski definition) is 0. The maximum Gasteiger partial charge on any atom is 0.223 e. The van der Waals surface area contributed by atoms with Crippen molar-refractivity contribution >= 4 is 22.9 Å². The molecule has 9 heteroatoms. The lowest BCUT2D eigenvalue weighted by atomic mass is 10.1. The van der Waals surface area contributed by atoms with Gasteiger partial charge in [-0.2, -0.15) is 0 Å². The number of halogens is 1. The van der Waals surface area contributed by atoms with Crippen LogP contribution in [0.3, 0.4) is 0 Å². The molecule has 5 rings (SSSR count). The van der Waals surface area contributed by atoms with Crippen LogP contribution in [0, 0.1) is 0 Å². The third-order valence-corrected chi connectivity index (χ3v) is 7.16. The molecule has 0 N–H and O–H groups in total. The second-order valence-electron chi connectivity index (χ2n) is 8.44. The summed E-state index contributed by atoms with van der Waals surface area (Å²) in [6.45, 7) is 3.44. The molecular formula is C26H27ClN4O3S. The highest BCUT2D eigenvalue weighted by Crippen LogP contribution is 2.41. The molecule has 7 nitrogen and oxygen atoms in total. The number of aromatic nitrogens is 4. The number of benzene rings is 1. The van der Waals surface area contributed by atoms with Crippen molar-refractivity contribution in [3.8, 4) is 17.0 Å². The lowest BCUT2D eigenvalue weighted by molar-refractivity contribution is -0.186. The minimum Gasteiger partial charge on any atom is -0.491 e. The largest absolute Gasteiger partial charge is 0.491 e. The quantitative estimate of drug-likeness (QED) is 0.271. The SMILES string of the molecule is CCCCc1nccc(-c2ccc(OC[C@@H]3CO[C@@](Cn4ccnc4)(c4ccc(Cl)s4)O3)cc2)n1. The molecule has 0 aliphatic carbocycles. The maximum absolute atomic E-state index is 6.42. The molecule has 0 spiro atoms. The van der Waals surface area contributed by atoms with Crippen LogP contribution in [-0.2, 0) is 28.2 Å². The van der Waals surface area contributed by atoms with E-state index in [1.165, 1.54) is 11.3 Å². The summed E-state index contributed by atoms with van der Waals surface area (Å²) in [4.78, 5) is 14.1. The fraction of sp³-hybridized carbons (Fsp3) is 0.346. The number of nitrogens with zero attached hydrogens (tertiary/aromatic N) is 4. The van der Waals surface area contributed by atoms with Gasteiger partial charge in [0.15, 0.2) is 0 Å². The van der Waals surface area contributed by atoms with E-state index in [9.17, 15) is 0 Å². The van der Waals surface area contributed by atoms with Crippen LogP contribution in [0.1, 0.15) is 30.5 Å². The average Bonchev–Trinajstić information content (AvgIpc) is 3.65. The number of ether oxygens (including phenoxy) is 3. The molecule has 0 amide bonds. The van der Waals surface area contributed by atoms with Gasteiger partial charge in [0.2, 0.25) is 5.79 Å². The summed E-state index contributed by atoms with van der Waals surface area (Å²) in [6.07, 6.45) is 10.1. The van der Waals surface area contributed by atoms with E-state index in [4.69, 9.17) is 30.8 Å². The first-order chi connectivity index (χ1) is 17.1. The summed E-state index contributed by atoms with van der Waals surface area (Å²) in [5.41, 5.74) is 1.95. The maximum atomic E-state index is 6.42. The van der Waals surface area contributed by atoms with E-state index >= 15 is 0 Å². The van der Waals surface area contributed by atoms with E-state index in [1.54, 1.807) is 12.5 Å². The predicted octanol–water partition coefficient (Wildman–Crippen LogP) is 5.75. The molecule has 2 atom stereocenters. The molecule has 1 aliphatic heterocycles. The standard InChI is InChI=1S/C26H27ClN4O3S/c1-2-3-4-25-29-12-11-22(30-25)19-5-7-20(8-6-19)32-15-21-16-33-26(34-21,17-31-14-13-28-18-31)23-9-10-24(27)35-23/h5-14,18,21H,2-4,15-17H2,1H3/t21-,26-/m1/s1. The number of unbranched alkanes of at least 4 members (excludes halogenated alkanes) is 1. The molecule has 35 heavy (non-hydrogen) atoms. The van der Waals surface area contributed by atoms with E-state index in [0.717, 1.165) is 47.0 Å². The van der Waals surface area contributed by atoms with E-state index in [-0.39, 0.29) is 6.10 Å². The monoisotopic (exact) mass is 510 g/mol. The van der Waals surface area contributed by atoms with Gasteiger partial charge in [-0.3, -0.25) is 0 Å². The second-order valence-corrected chi connectivity index (χ2v) is 10.2. The minimum absolute atomic E-state index is 0.220. The van der Waals surface area contributed by atoms with Crippen LogP contribution < -0.4 is 4.74 Å². The first-order valence-electron chi connectivity index (χ1n) is 11.7. The first-order valence-corrected chi connectivity index (χ1v) is 12.9. The number of thiophene rings is 1. The summed E-state index contributed by atoms with van der Waals surface area (Å²) >= 11 is 7.66. The third-order valence-electron chi connectivity index (χ3n) is 5.80. The number of rotatable bonds is 10. The number of hydrogen-bond acceptors (Lipinski definition) is 7. The molecule has 1 aromatic carbocycles. The zero-order chi connectivity index (χ0) is 24.1. The highest BCUT2D eigenvalue weighted by Gasteiger charge is 2.45. The summed E-state index contributed by atoms with van der Waals surface area (Å²) in [5.74, 6) is 0.733. The Morgan fingerprint density at radius 1 is 1.17 bits per heavy atom. The molecule has 0 saturated carbocycles. The van der Waals surface area contributed by atoms with Crippen molar-refractivity contribution in [2.75, 3.05) is 13.2 Å². The Bertz CT molecular complexity index is 1230. The van der Waals surface area contributed by atoms with Gasteiger partial charge < -0.3 is 18.8 Å². The fourth-order valence-electron chi connectivity index (χ4n) is 4.00. The van der Waals surface area contributed by atoms with Crippen molar-refractivity contribution in [3.05, 3.63) is 82.4 Å². The van der Waals surface area contributed by atoms with Crippen LogP contribution in [0.25, 0.3) is 11.3 Å². The summed E-state index contributed by atoms with van der Waals surface area (Å²) in [7, 11) is 0. The van der Waals surface area contributed by atoms with Crippen molar-refractivity contribution in [2.24, 2.45) is 0 Å². The number of imidazole rings is 1. The first kappa shape index (κ1) is 23.9. The molecule has 0 bridgehead atoms. The van der Waals surface area contributed by atoms with Gasteiger partial charge in [-0.1, -0.05) is 24.9 Å². The topological polar surface area (TPSA) is 71.3 Å². The van der Waals surface area contributed by atoms with Crippen LogP contribution in [0.15, 0.2) is 67.4 Å². The van der Waals surface area contributed by atoms with E-state index < -0.39 is 5.79 Å². The van der Waals surface area contributed by atoms with E-state index in [0.29, 0.717) is 24.1 Å². The Labute approximate surface area is 213 Å². The van der Waals surface area contributed by atoms with Gasteiger partial charge in [-0.05, 0) is 48.9 Å². The summed E-state index contributed by atoms with van der Waals surface area (Å²) in [5, 5.41) is 0. The van der Waals surface area contributed by atoms with Crippen molar-refractivity contribution < 1.29 is 14.2 Å². The van der Waals surface area contributed by atoms with Crippen molar-refractivity contribution in [1.82, 2.24) is 19.5 Å². The normalized spacial score (nSPS) is 19.8. The van der Waals surface area contributed by atoms with Crippen molar-refractivity contribution in [3.63, 3.8) is 0 Å². The minimum atomic E-state index is -0.918. The molecule has 182 valence electrons. The van der Waals surface area contributed by atoms with Crippen LogP contribution >= 0.6 is 22.9 Å². The highest BCUT2D eigenvalue weighted by atomic mass is 35.5. The highest BCUT2D eigenvalue weighted by molar-refractivity contribution is 7.16. The number of aryl methyl sites for hydroxylation is 1.